The molecular weight excluding hydrogens is 216 g/mol. The van der Waals surface area contributed by atoms with E-state index in [1.54, 1.807) is 7.11 Å². The van der Waals surface area contributed by atoms with Crippen molar-refractivity contribution in [3.63, 3.8) is 0 Å². The fourth-order valence-electron chi connectivity index (χ4n) is 2.24. The van der Waals surface area contributed by atoms with Crippen molar-refractivity contribution < 1.29 is 9.53 Å². The highest BCUT2D eigenvalue weighted by atomic mass is 16.5. The van der Waals surface area contributed by atoms with Gasteiger partial charge in [-0.1, -0.05) is 0 Å². The molecule has 0 radical (unpaired) electrons. The lowest BCUT2D eigenvalue weighted by Crippen LogP contribution is -1.96. The number of carbonyl (C=O) groups is 1. The van der Waals surface area contributed by atoms with E-state index in [-0.39, 0.29) is 0 Å². The topological polar surface area (TPSA) is 55.0 Å². The summed E-state index contributed by atoms with van der Waals surface area (Å²) in [6, 6.07) is 1.91. The summed E-state index contributed by atoms with van der Waals surface area (Å²) >= 11 is 0. The number of nitrogens with one attached hydrogen (secondary N) is 1. The maximum absolute atomic E-state index is 10.9. The molecule has 88 valence electrons. The number of aromatic amines is 1. The molecule has 1 fully saturated rings. The molecule has 0 aliphatic heterocycles. The summed E-state index contributed by atoms with van der Waals surface area (Å²) in [5.41, 5.74) is 3.66. The van der Waals surface area contributed by atoms with E-state index in [2.05, 4.69) is 9.97 Å². The van der Waals surface area contributed by atoms with Crippen LogP contribution >= 0.6 is 0 Å². The first kappa shape index (κ1) is 10.5. The minimum Gasteiger partial charge on any atom is -0.378 e. The van der Waals surface area contributed by atoms with Gasteiger partial charge in [-0.2, -0.15) is 0 Å². The smallest absolute Gasteiger partial charge is 0.166 e. The lowest BCUT2D eigenvalue weighted by molar-refractivity contribution is 0.111. The number of carbonyl (C=O) groups excluding carboxylic acids is 1. The average Bonchev–Trinajstić information content (AvgIpc) is 3.08. The van der Waals surface area contributed by atoms with Crippen LogP contribution in [0.25, 0.3) is 10.9 Å². The van der Waals surface area contributed by atoms with Gasteiger partial charge < -0.3 is 9.72 Å². The first-order valence-corrected chi connectivity index (χ1v) is 5.78. The van der Waals surface area contributed by atoms with Crippen molar-refractivity contribution in [1.82, 2.24) is 9.97 Å². The molecule has 0 unspecified atom stereocenters. The van der Waals surface area contributed by atoms with E-state index in [4.69, 9.17) is 4.74 Å². The van der Waals surface area contributed by atoms with Crippen molar-refractivity contribution in [2.24, 2.45) is 0 Å². The molecule has 1 saturated carbocycles. The van der Waals surface area contributed by atoms with Gasteiger partial charge in [-0.25, -0.2) is 0 Å². The standard InChI is InChI=1S/C13H14N2O2/c1-17-7-12-13-10(4-9(6-16)15-13)11(5-14-12)8-2-3-8/h4-6,8,15H,2-3,7H2,1H3. The van der Waals surface area contributed by atoms with Crippen LogP contribution in [-0.2, 0) is 11.3 Å². The molecule has 0 bridgehead atoms. The van der Waals surface area contributed by atoms with Gasteiger partial charge in [0.25, 0.3) is 0 Å². The summed E-state index contributed by atoms with van der Waals surface area (Å²) in [6.45, 7) is 0.459. The van der Waals surface area contributed by atoms with Gasteiger partial charge in [0.15, 0.2) is 6.29 Å². The van der Waals surface area contributed by atoms with Gasteiger partial charge in [0, 0.05) is 18.7 Å². The number of rotatable bonds is 4. The fraction of sp³-hybridized carbons (Fsp3) is 0.385. The molecule has 0 aromatic carbocycles. The maximum Gasteiger partial charge on any atom is 0.166 e. The van der Waals surface area contributed by atoms with Gasteiger partial charge >= 0.3 is 0 Å². The molecule has 0 saturated heterocycles. The fourth-order valence-corrected chi connectivity index (χ4v) is 2.24. The number of pyridine rings is 1. The Morgan fingerprint density at radius 2 is 2.41 bits per heavy atom. The number of fused-ring (bicyclic) bond motifs is 1. The predicted octanol–water partition coefficient (Wildman–Crippen LogP) is 2.40. The van der Waals surface area contributed by atoms with E-state index in [0.717, 1.165) is 22.9 Å². The van der Waals surface area contributed by atoms with Gasteiger partial charge in [0.1, 0.15) is 0 Å². The highest BCUT2D eigenvalue weighted by Gasteiger charge is 2.27. The zero-order valence-corrected chi connectivity index (χ0v) is 9.69. The number of ether oxygens (including phenoxy) is 1. The molecule has 17 heavy (non-hydrogen) atoms. The number of methoxy groups -OCH3 is 1. The molecule has 2 aromatic heterocycles. The van der Waals surface area contributed by atoms with Crippen molar-refractivity contribution in [2.45, 2.75) is 25.4 Å². The number of hydrogen-bond acceptors (Lipinski definition) is 3. The Morgan fingerprint density at radius 1 is 1.59 bits per heavy atom. The molecular formula is C13H14N2O2. The summed E-state index contributed by atoms with van der Waals surface area (Å²) in [4.78, 5) is 18.4. The monoisotopic (exact) mass is 230 g/mol. The summed E-state index contributed by atoms with van der Waals surface area (Å²) in [5.74, 6) is 0.622. The maximum atomic E-state index is 10.9. The van der Waals surface area contributed by atoms with E-state index < -0.39 is 0 Å². The number of H-pyrrole nitrogens is 1. The number of nitrogens with zero attached hydrogens (tertiary/aromatic N) is 1. The predicted molar refractivity (Wildman–Crippen MR) is 64.2 cm³/mol. The van der Waals surface area contributed by atoms with Crippen LogP contribution in [0, 0.1) is 0 Å². The van der Waals surface area contributed by atoms with E-state index in [0.29, 0.717) is 18.2 Å². The summed E-state index contributed by atoms with van der Waals surface area (Å²) < 4.78 is 5.12. The van der Waals surface area contributed by atoms with Gasteiger partial charge in [-0.05, 0) is 30.4 Å². The minimum atomic E-state index is 0.459. The largest absolute Gasteiger partial charge is 0.378 e. The highest BCUT2D eigenvalue weighted by molar-refractivity contribution is 5.91. The van der Waals surface area contributed by atoms with E-state index in [9.17, 15) is 4.79 Å². The Bertz CT molecular complexity index is 570. The van der Waals surface area contributed by atoms with Gasteiger partial charge in [-0.15, -0.1) is 0 Å². The summed E-state index contributed by atoms with van der Waals surface area (Å²) in [6.07, 6.45) is 5.22. The number of aldehydes is 1. The van der Waals surface area contributed by atoms with Gasteiger partial charge in [0.2, 0.25) is 0 Å². The Labute approximate surface area is 99.0 Å². The second-order valence-electron chi connectivity index (χ2n) is 4.50. The van der Waals surface area contributed by atoms with E-state index in [1.807, 2.05) is 12.3 Å². The Hall–Kier alpha value is -1.68. The van der Waals surface area contributed by atoms with Crippen molar-refractivity contribution in [3.05, 3.63) is 29.2 Å². The first-order chi connectivity index (χ1) is 8.33. The zero-order chi connectivity index (χ0) is 11.8. The van der Waals surface area contributed by atoms with Crippen LogP contribution in [0.4, 0.5) is 0 Å². The van der Waals surface area contributed by atoms with Crippen LogP contribution in [0.15, 0.2) is 12.3 Å². The molecule has 0 atom stereocenters. The minimum absolute atomic E-state index is 0.459. The molecule has 4 heteroatoms. The molecule has 4 nitrogen and oxygen atoms in total. The molecule has 0 spiro atoms. The van der Waals surface area contributed by atoms with Crippen LogP contribution < -0.4 is 0 Å². The molecule has 2 heterocycles. The lowest BCUT2D eigenvalue weighted by atomic mass is 10.1. The SMILES string of the molecule is COCc1ncc(C2CC2)c2cc(C=O)[nH]c12. The third-order valence-electron chi connectivity index (χ3n) is 3.22. The Morgan fingerprint density at radius 3 is 3.06 bits per heavy atom. The van der Waals surface area contributed by atoms with Crippen LogP contribution in [0.2, 0.25) is 0 Å². The van der Waals surface area contributed by atoms with Crippen molar-refractivity contribution in [2.75, 3.05) is 7.11 Å². The van der Waals surface area contributed by atoms with Crippen molar-refractivity contribution in [1.29, 1.82) is 0 Å². The van der Waals surface area contributed by atoms with Gasteiger partial charge in [0.05, 0.1) is 23.5 Å². The average molecular weight is 230 g/mol. The van der Waals surface area contributed by atoms with Crippen LogP contribution in [0.1, 0.15) is 40.5 Å². The van der Waals surface area contributed by atoms with Crippen molar-refractivity contribution >= 4 is 17.2 Å². The number of hydrogen-bond donors (Lipinski definition) is 1. The van der Waals surface area contributed by atoms with Crippen molar-refractivity contribution in [3.8, 4) is 0 Å². The molecule has 3 rings (SSSR count). The lowest BCUT2D eigenvalue weighted by Gasteiger charge is -2.05. The second-order valence-corrected chi connectivity index (χ2v) is 4.50. The Balaban J connectivity index is 2.21. The Kier molecular flexibility index (Phi) is 2.44. The van der Waals surface area contributed by atoms with Crippen LogP contribution in [-0.4, -0.2) is 23.4 Å². The normalized spacial score (nSPS) is 15.4. The second kappa shape index (κ2) is 3.96. The summed E-state index contributed by atoms with van der Waals surface area (Å²) in [7, 11) is 1.64. The summed E-state index contributed by atoms with van der Waals surface area (Å²) in [5, 5.41) is 1.12. The number of aromatic nitrogens is 2. The quantitative estimate of drug-likeness (QED) is 0.820. The molecule has 1 N–H and O–H groups in total. The molecule has 1 aliphatic rings. The van der Waals surface area contributed by atoms with Crippen LogP contribution in [0.3, 0.4) is 0 Å². The highest BCUT2D eigenvalue weighted by Crippen LogP contribution is 2.43. The van der Waals surface area contributed by atoms with Crippen LogP contribution in [0.5, 0.6) is 0 Å². The van der Waals surface area contributed by atoms with E-state index >= 15 is 0 Å². The third-order valence-corrected chi connectivity index (χ3v) is 3.22. The van der Waals surface area contributed by atoms with E-state index in [1.165, 1.54) is 18.4 Å². The zero-order valence-electron chi connectivity index (χ0n) is 9.69. The molecule has 0 amide bonds. The third kappa shape index (κ3) is 1.74. The molecule has 2 aromatic rings. The molecule has 1 aliphatic carbocycles. The van der Waals surface area contributed by atoms with Gasteiger partial charge in [-0.3, -0.25) is 9.78 Å². The first-order valence-electron chi connectivity index (χ1n) is 5.78.